The highest BCUT2D eigenvalue weighted by molar-refractivity contribution is 6.02. The molecule has 8 heteroatoms. The Balaban J connectivity index is 1.46. The SMILES string of the molecule is COc1ccc(C)cc1Nc1cnc(C(=O)Nc2ccc3c(c2)OCO3)cn1. The summed E-state index contributed by atoms with van der Waals surface area (Å²) in [4.78, 5) is 20.9. The average Bonchev–Trinajstić information content (AvgIpc) is 3.16. The van der Waals surface area contributed by atoms with E-state index < -0.39 is 0 Å². The van der Waals surface area contributed by atoms with Gasteiger partial charge >= 0.3 is 0 Å². The maximum atomic E-state index is 12.4. The normalized spacial score (nSPS) is 11.8. The largest absolute Gasteiger partial charge is 0.495 e. The summed E-state index contributed by atoms with van der Waals surface area (Å²) in [5.74, 6) is 2.07. The van der Waals surface area contributed by atoms with Crippen molar-refractivity contribution in [3.05, 3.63) is 60.0 Å². The van der Waals surface area contributed by atoms with Gasteiger partial charge in [-0.05, 0) is 36.8 Å². The summed E-state index contributed by atoms with van der Waals surface area (Å²) < 4.78 is 15.9. The molecule has 1 amide bonds. The Hall–Kier alpha value is -3.81. The number of nitrogens with one attached hydrogen (secondary N) is 2. The molecule has 1 aliphatic heterocycles. The van der Waals surface area contributed by atoms with Gasteiger partial charge in [-0.3, -0.25) is 4.79 Å². The number of aromatic nitrogens is 2. The summed E-state index contributed by atoms with van der Waals surface area (Å²) >= 11 is 0. The molecule has 0 radical (unpaired) electrons. The van der Waals surface area contributed by atoms with Crippen molar-refractivity contribution in [2.45, 2.75) is 6.92 Å². The molecular weight excluding hydrogens is 360 g/mol. The molecule has 1 aromatic heterocycles. The molecule has 142 valence electrons. The zero-order valence-corrected chi connectivity index (χ0v) is 15.4. The van der Waals surface area contributed by atoms with Gasteiger partial charge in [-0.25, -0.2) is 9.97 Å². The summed E-state index contributed by atoms with van der Waals surface area (Å²) in [6.45, 7) is 2.16. The number of fused-ring (bicyclic) bond motifs is 1. The first-order valence-electron chi connectivity index (χ1n) is 8.57. The first kappa shape index (κ1) is 17.6. The van der Waals surface area contributed by atoms with E-state index in [2.05, 4.69) is 20.6 Å². The van der Waals surface area contributed by atoms with E-state index in [4.69, 9.17) is 14.2 Å². The minimum absolute atomic E-state index is 0.179. The number of nitrogens with zero attached hydrogens (tertiary/aromatic N) is 2. The van der Waals surface area contributed by atoms with E-state index in [0.29, 0.717) is 28.8 Å². The third-order valence-corrected chi connectivity index (χ3v) is 4.13. The molecule has 1 aliphatic rings. The van der Waals surface area contributed by atoms with E-state index in [1.165, 1.54) is 12.4 Å². The number of carbonyl (C=O) groups excluding carboxylic acids is 1. The van der Waals surface area contributed by atoms with E-state index >= 15 is 0 Å². The molecule has 0 saturated heterocycles. The van der Waals surface area contributed by atoms with E-state index in [1.54, 1.807) is 25.3 Å². The van der Waals surface area contributed by atoms with Gasteiger partial charge in [0.25, 0.3) is 5.91 Å². The molecule has 2 N–H and O–H groups in total. The molecule has 0 fully saturated rings. The lowest BCUT2D eigenvalue weighted by molar-refractivity contribution is 0.102. The summed E-state index contributed by atoms with van der Waals surface area (Å²) in [5, 5.41) is 5.91. The van der Waals surface area contributed by atoms with Crippen LogP contribution in [0, 0.1) is 6.92 Å². The van der Waals surface area contributed by atoms with Crippen molar-refractivity contribution in [1.82, 2.24) is 9.97 Å². The van der Waals surface area contributed by atoms with Gasteiger partial charge in [0.1, 0.15) is 17.3 Å². The van der Waals surface area contributed by atoms with Gasteiger partial charge in [0, 0.05) is 11.8 Å². The number of amides is 1. The molecule has 28 heavy (non-hydrogen) atoms. The first-order chi connectivity index (χ1) is 13.6. The van der Waals surface area contributed by atoms with Crippen LogP contribution in [0.25, 0.3) is 0 Å². The smallest absolute Gasteiger partial charge is 0.275 e. The minimum Gasteiger partial charge on any atom is -0.495 e. The Morgan fingerprint density at radius 3 is 2.71 bits per heavy atom. The van der Waals surface area contributed by atoms with E-state index in [9.17, 15) is 4.79 Å². The monoisotopic (exact) mass is 378 g/mol. The summed E-state index contributed by atoms with van der Waals surface area (Å²) in [7, 11) is 1.60. The van der Waals surface area contributed by atoms with Crippen LogP contribution in [0.3, 0.4) is 0 Å². The number of ether oxygens (including phenoxy) is 3. The van der Waals surface area contributed by atoms with Gasteiger partial charge in [0.2, 0.25) is 6.79 Å². The molecule has 0 unspecified atom stereocenters. The zero-order chi connectivity index (χ0) is 19.5. The van der Waals surface area contributed by atoms with Gasteiger partial charge in [0.05, 0.1) is 25.2 Å². The second-order valence-electron chi connectivity index (χ2n) is 6.14. The molecule has 0 aliphatic carbocycles. The van der Waals surface area contributed by atoms with Crippen LogP contribution in [0.2, 0.25) is 0 Å². The number of anilines is 3. The fraction of sp³-hybridized carbons (Fsp3) is 0.150. The van der Waals surface area contributed by atoms with Crippen LogP contribution < -0.4 is 24.8 Å². The van der Waals surface area contributed by atoms with Crippen LogP contribution in [0.15, 0.2) is 48.8 Å². The van der Waals surface area contributed by atoms with E-state index in [1.807, 2.05) is 25.1 Å². The molecule has 0 atom stereocenters. The van der Waals surface area contributed by atoms with Crippen molar-refractivity contribution < 1.29 is 19.0 Å². The van der Waals surface area contributed by atoms with Crippen molar-refractivity contribution in [3.8, 4) is 17.2 Å². The second-order valence-corrected chi connectivity index (χ2v) is 6.14. The van der Waals surface area contributed by atoms with Crippen LogP contribution in [-0.2, 0) is 0 Å². The van der Waals surface area contributed by atoms with Crippen LogP contribution in [-0.4, -0.2) is 29.8 Å². The Labute approximate surface area is 161 Å². The molecular formula is C20H18N4O4. The molecule has 4 rings (SSSR count). The lowest BCUT2D eigenvalue weighted by atomic mass is 10.2. The number of hydrogen-bond donors (Lipinski definition) is 2. The molecule has 0 saturated carbocycles. The second kappa shape index (κ2) is 7.43. The first-order valence-corrected chi connectivity index (χ1v) is 8.57. The molecule has 8 nitrogen and oxygen atoms in total. The van der Waals surface area contributed by atoms with Crippen molar-refractivity contribution in [2.24, 2.45) is 0 Å². The highest BCUT2D eigenvalue weighted by Gasteiger charge is 2.15. The van der Waals surface area contributed by atoms with Crippen LogP contribution in [0.1, 0.15) is 16.1 Å². The van der Waals surface area contributed by atoms with Gasteiger partial charge in [-0.15, -0.1) is 0 Å². The average molecular weight is 378 g/mol. The van der Waals surface area contributed by atoms with Gasteiger partial charge in [0.15, 0.2) is 11.5 Å². The van der Waals surface area contributed by atoms with Crippen molar-refractivity contribution in [1.29, 1.82) is 0 Å². The Morgan fingerprint density at radius 1 is 1.07 bits per heavy atom. The van der Waals surface area contributed by atoms with Crippen molar-refractivity contribution >= 4 is 23.1 Å². The Bertz CT molecular complexity index is 1020. The lowest BCUT2D eigenvalue weighted by Gasteiger charge is -2.11. The molecule has 2 aromatic carbocycles. The number of hydrogen-bond acceptors (Lipinski definition) is 7. The maximum absolute atomic E-state index is 12.4. The highest BCUT2D eigenvalue weighted by Crippen LogP contribution is 2.34. The number of rotatable bonds is 5. The lowest BCUT2D eigenvalue weighted by Crippen LogP contribution is -2.14. The topological polar surface area (TPSA) is 94.6 Å². The fourth-order valence-electron chi connectivity index (χ4n) is 2.74. The zero-order valence-electron chi connectivity index (χ0n) is 15.4. The Kier molecular flexibility index (Phi) is 4.67. The van der Waals surface area contributed by atoms with Crippen LogP contribution in [0.5, 0.6) is 17.2 Å². The van der Waals surface area contributed by atoms with E-state index in [0.717, 1.165) is 11.3 Å². The number of aryl methyl sites for hydroxylation is 1. The number of carbonyl (C=O) groups is 1. The number of methoxy groups -OCH3 is 1. The van der Waals surface area contributed by atoms with Gasteiger partial charge in [-0.2, -0.15) is 0 Å². The summed E-state index contributed by atoms with van der Waals surface area (Å²) in [6, 6.07) is 11.0. The molecule has 2 heterocycles. The summed E-state index contributed by atoms with van der Waals surface area (Å²) in [6.07, 6.45) is 2.91. The van der Waals surface area contributed by atoms with Crippen LogP contribution >= 0.6 is 0 Å². The highest BCUT2D eigenvalue weighted by atomic mass is 16.7. The summed E-state index contributed by atoms with van der Waals surface area (Å²) in [5.41, 5.74) is 2.63. The van der Waals surface area contributed by atoms with Crippen LogP contribution in [0.4, 0.5) is 17.2 Å². The third kappa shape index (κ3) is 3.66. The predicted octanol–water partition coefficient (Wildman–Crippen LogP) is 3.52. The predicted molar refractivity (Wildman–Crippen MR) is 104 cm³/mol. The van der Waals surface area contributed by atoms with Crippen molar-refractivity contribution in [3.63, 3.8) is 0 Å². The van der Waals surface area contributed by atoms with Gasteiger partial charge < -0.3 is 24.8 Å². The fourth-order valence-corrected chi connectivity index (χ4v) is 2.74. The number of benzene rings is 2. The van der Waals surface area contributed by atoms with Crippen molar-refractivity contribution in [2.75, 3.05) is 24.5 Å². The molecule has 0 bridgehead atoms. The standard InChI is InChI=1S/C20H18N4O4/c1-12-3-5-16(26-2)14(7-12)24-19-10-21-15(9-22-19)20(25)23-13-4-6-17-18(8-13)28-11-27-17/h3-10H,11H2,1-2H3,(H,22,24)(H,23,25). The minimum atomic E-state index is -0.369. The van der Waals surface area contributed by atoms with E-state index in [-0.39, 0.29) is 18.4 Å². The quantitative estimate of drug-likeness (QED) is 0.701. The molecule has 3 aromatic rings. The maximum Gasteiger partial charge on any atom is 0.275 e. The molecule has 0 spiro atoms. The van der Waals surface area contributed by atoms with Gasteiger partial charge in [-0.1, -0.05) is 6.07 Å². The third-order valence-electron chi connectivity index (χ3n) is 4.13. The Morgan fingerprint density at radius 2 is 1.93 bits per heavy atom.